The third-order valence-corrected chi connectivity index (χ3v) is 8.00. The highest BCUT2D eigenvalue weighted by molar-refractivity contribution is 7.91. The van der Waals surface area contributed by atoms with Gasteiger partial charge in [0.1, 0.15) is 0 Å². The largest absolute Gasteiger partial charge is 0.337 e. The van der Waals surface area contributed by atoms with Crippen molar-refractivity contribution in [3.05, 3.63) is 29.3 Å². The van der Waals surface area contributed by atoms with Gasteiger partial charge in [-0.05, 0) is 42.7 Å². The summed E-state index contributed by atoms with van der Waals surface area (Å²) in [4.78, 5) is 15.8. The van der Waals surface area contributed by atoms with Crippen LogP contribution in [-0.4, -0.2) is 53.6 Å². The molecular weight excluding hydrogens is 370 g/mol. The van der Waals surface area contributed by atoms with E-state index in [2.05, 4.69) is 12.0 Å². The third-order valence-electron chi connectivity index (χ3n) is 5.35. The molecule has 6 nitrogen and oxygen atoms in total. The molecule has 1 amide bonds. The van der Waals surface area contributed by atoms with Gasteiger partial charge in [0.2, 0.25) is 0 Å². The van der Waals surface area contributed by atoms with Gasteiger partial charge in [-0.25, -0.2) is 8.42 Å². The average molecular weight is 394 g/mol. The molecule has 0 N–H and O–H groups in total. The van der Waals surface area contributed by atoms with E-state index in [0.29, 0.717) is 18.0 Å². The number of piperidine rings is 1. The second kappa shape index (κ2) is 6.81. The first-order valence-corrected chi connectivity index (χ1v) is 11.8. The van der Waals surface area contributed by atoms with Crippen LogP contribution in [0.5, 0.6) is 0 Å². The number of carbonyl (C=O) groups excluding carboxylic acids is 1. The Labute approximate surface area is 157 Å². The van der Waals surface area contributed by atoms with Crippen LogP contribution in [0.25, 0.3) is 10.6 Å². The van der Waals surface area contributed by atoms with Gasteiger partial charge in [0.25, 0.3) is 5.91 Å². The Bertz CT molecular complexity index is 894. The molecule has 2 aliphatic rings. The minimum Gasteiger partial charge on any atom is -0.337 e. The van der Waals surface area contributed by atoms with Crippen LogP contribution in [0.15, 0.2) is 23.6 Å². The van der Waals surface area contributed by atoms with Gasteiger partial charge in [-0.15, -0.1) is 11.3 Å². The highest BCUT2D eigenvalue weighted by Gasteiger charge is 2.33. The molecule has 2 saturated heterocycles. The summed E-state index contributed by atoms with van der Waals surface area (Å²) in [7, 11) is -3.02. The van der Waals surface area contributed by atoms with Gasteiger partial charge < -0.3 is 4.90 Å². The normalized spacial score (nSPS) is 23.4. The Kier molecular flexibility index (Phi) is 4.64. The van der Waals surface area contributed by atoms with Crippen molar-refractivity contribution in [2.24, 2.45) is 5.92 Å². The molecular formula is C18H23N3O3S2. The molecule has 0 unspecified atom stereocenters. The second-order valence-corrected chi connectivity index (χ2v) is 10.5. The SMILES string of the molecule is CC1CCN(C(=O)c2cc(-c3cccs3)n([C@H]3CCS(=O)(=O)C3)n2)CC1. The summed E-state index contributed by atoms with van der Waals surface area (Å²) >= 11 is 1.57. The number of carbonyl (C=O) groups is 1. The van der Waals surface area contributed by atoms with Gasteiger partial charge in [0.15, 0.2) is 15.5 Å². The van der Waals surface area contributed by atoms with Gasteiger partial charge in [-0.1, -0.05) is 13.0 Å². The van der Waals surface area contributed by atoms with Crippen LogP contribution in [-0.2, 0) is 9.84 Å². The first kappa shape index (κ1) is 17.7. The van der Waals surface area contributed by atoms with Crippen molar-refractivity contribution in [2.45, 2.75) is 32.2 Å². The fraction of sp³-hybridized carbons (Fsp3) is 0.556. The number of rotatable bonds is 3. The zero-order chi connectivity index (χ0) is 18.3. The van der Waals surface area contributed by atoms with Crippen LogP contribution < -0.4 is 0 Å². The van der Waals surface area contributed by atoms with Crippen LogP contribution in [0.4, 0.5) is 0 Å². The lowest BCUT2D eigenvalue weighted by Crippen LogP contribution is -2.38. The van der Waals surface area contributed by atoms with Crippen molar-refractivity contribution >= 4 is 27.1 Å². The van der Waals surface area contributed by atoms with Gasteiger partial charge >= 0.3 is 0 Å². The van der Waals surface area contributed by atoms with Crippen LogP contribution >= 0.6 is 11.3 Å². The zero-order valence-corrected chi connectivity index (χ0v) is 16.4. The number of nitrogens with zero attached hydrogens (tertiary/aromatic N) is 3. The summed E-state index contributed by atoms with van der Waals surface area (Å²) in [5, 5.41) is 6.55. The topological polar surface area (TPSA) is 72.3 Å². The van der Waals surface area contributed by atoms with E-state index >= 15 is 0 Å². The number of aromatic nitrogens is 2. The van der Waals surface area contributed by atoms with Gasteiger partial charge in [-0.3, -0.25) is 9.48 Å². The van der Waals surface area contributed by atoms with Crippen molar-refractivity contribution < 1.29 is 13.2 Å². The summed E-state index contributed by atoms with van der Waals surface area (Å²) in [6.07, 6.45) is 2.59. The molecule has 26 heavy (non-hydrogen) atoms. The van der Waals surface area contributed by atoms with E-state index in [1.807, 2.05) is 28.5 Å². The molecule has 0 aromatic carbocycles. The molecule has 4 heterocycles. The number of hydrogen-bond donors (Lipinski definition) is 0. The van der Waals surface area contributed by atoms with Crippen molar-refractivity contribution in [1.82, 2.24) is 14.7 Å². The molecule has 2 fully saturated rings. The van der Waals surface area contributed by atoms with E-state index in [0.717, 1.165) is 36.5 Å². The van der Waals surface area contributed by atoms with E-state index in [4.69, 9.17) is 0 Å². The third kappa shape index (κ3) is 3.44. The van der Waals surface area contributed by atoms with Crippen molar-refractivity contribution in [2.75, 3.05) is 24.6 Å². The monoisotopic (exact) mass is 393 g/mol. The van der Waals surface area contributed by atoms with Crippen LogP contribution in [0, 0.1) is 5.92 Å². The molecule has 8 heteroatoms. The molecule has 0 radical (unpaired) electrons. The maximum absolute atomic E-state index is 12.9. The van der Waals surface area contributed by atoms with Gasteiger partial charge in [-0.2, -0.15) is 5.10 Å². The van der Waals surface area contributed by atoms with E-state index in [1.54, 1.807) is 16.0 Å². The molecule has 2 aromatic rings. The maximum atomic E-state index is 12.9. The lowest BCUT2D eigenvalue weighted by Gasteiger charge is -2.29. The van der Waals surface area contributed by atoms with E-state index in [1.165, 1.54) is 0 Å². The first-order valence-electron chi connectivity index (χ1n) is 9.06. The second-order valence-electron chi connectivity index (χ2n) is 7.37. The van der Waals surface area contributed by atoms with E-state index in [9.17, 15) is 13.2 Å². The lowest BCUT2D eigenvalue weighted by molar-refractivity contribution is 0.0690. The van der Waals surface area contributed by atoms with E-state index in [-0.39, 0.29) is 23.5 Å². The molecule has 0 bridgehead atoms. The smallest absolute Gasteiger partial charge is 0.274 e. The molecule has 0 spiro atoms. The molecule has 0 aliphatic carbocycles. The fourth-order valence-corrected chi connectivity index (χ4v) is 6.15. The lowest BCUT2D eigenvalue weighted by atomic mass is 9.99. The van der Waals surface area contributed by atoms with Gasteiger partial charge in [0.05, 0.1) is 28.1 Å². The predicted molar refractivity (Wildman–Crippen MR) is 102 cm³/mol. The fourth-order valence-electron chi connectivity index (χ4n) is 3.73. The summed E-state index contributed by atoms with van der Waals surface area (Å²) in [6, 6.07) is 5.58. The summed E-state index contributed by atoms with van der Waals surface area (Å²) in [5.74, 6) is 0.896. The summed E-state index contributed by atoms with van der Waals surface area (Å²) in [5.41, 5.74) is 1.27. The molecule has 4 rings (SSSR count). The highest BCUT2D eigenvalue weighted by atomic mass is 32.2. The quantitative estimate of drug-likeness (QED) is 0.804. The summed E-state index contributed by atoms with van der Waals surface area (Å²) < 4.78 is 25.6. The van der Waals surface area contributed by atoms with Gasteiger partial charge in [0, 0.05) is 13.1 Å². The van der Waals surface area contributed by atoms with Crippen LogP contribution in [0.2, 0.25) is 0 Å². The molecule has 1 atom stereocenters. The van der Waals surface area contributed by atoms with Crippen molar-refractivity contribution in [1.29, 1.82) is 0 Å². The first-order chi connectivity index (χ1) is 12.4. The predicted octanol–water partition coefficient (Wildman–Crippen LogP) is 2.84. The number of amides is 1. The Balaban J connectivity index is 1.66. The van der Waals surface area contributed by atoms with Crippen molar-refractivity contribution in [3.8, 4) is 10.6 Å². The Morgan fingerprint density at radius 1 is 1.27 bits per heavy atom. The Hall–Kier alpha value is -1.67. The number of sulfone groups is 1. The highest BCUT2D eigenvalue weighted by Crippen LogP contribution is 2.32. The molecule has 140 valence electrons. The van der Waals surface area contributed by atoms with Crippen LogP contribution in [0.1, 0.15) is 42.7 Å². The molecule has 0 saturated carbocycles. The number of thiophene rings is 1. The minimum absolute atomic E-state index is 0.0469. The zero-order valence-electron chi connectivity index (χ0n) is 14.8. The Morgan fingerprint density at radius 2 is 2.04 bits per heavy atom. The number of hydrogen-bond acceptors (Lipinski definition) is 5. The maximum Gasteiger partial charge on any atom is 0.274 e. The Morgan fingerprint density at radius 3 is 2.65 bits per heavy atom. The molecule has 2 aliphatic heterocycles. The standard InChI is InChI=1S/C18H23N3O3S2/c1-13-4-7-20(8-5-13)18(22)15-11-16(17-3-2-9-25-17)21(19-15)14-6-10-26(23,24)12-14/h2-3,9,11,13-14H,4-8,10,12H2,1H3/t14-/m0/s1. The van der Waals surface area contributed by atoms with Crippen molar-refractivity contribution in [3.63, 3.8) is 0 Å². The van der Waals surface area contributed by atoms with E-state index < -0.39 is 9.84 Å². The number of likely N-dealkylation sites (tertiary alicyclic amines) is 1. The molecule has 2 aromatic heterocycles. The average Bonchev–Trinajstić information content (AvgIpc) is 3.33. The minimum atomic E-state index is -3.02. The summed E-state index contributed by atoms with van der Waals surface area (Å²) in [6.45, 7) is 3.74. The van der Waals surface area contributed by atoms with Crippen LogP contribution in [0.3, 0.4) is 0 Å².